The van der Waals surface area contributed by atoms with Crippen LogP contribution in [0.4, 0.5) is 5.69 Å². The number of hydrogen-bond acceptors (Lipinski definition) is 4. The van der Waals surface area contributed by atoms with E-state index >= 15 is 0 Å². The number of methoxy groups -OCH3 is 1. The minimum absolute atomic E-state index is 0.0484. The van der Waals surface area contributed by atoms with Crippen molar-refractivity contribution in [2.75, 3.05) is 25.5 Å². The van der Waals surface area contributed by atoms with Crippen LogP contribution in [0.5, 0.6) is 5.75 Å². The lowest BCUT2D eigenvalue weighted by Crippen LogP contribution is -2.36. The van der Waals surface area contributed by atoms with Crippen LogP contribution >= 0.6 is 22.9 Å². The van der Waals surface area contributed by atoms with Crippen LogP contribution in [0.25, 0.3) is 10.1 Å². The van der Waals surface area contributed by atoms with Crippen molar-refractivity contribution < 1.29 is 14.3 Å². The molecule has 1 saturated heterocycles. The first-order valence-electron chi connectivity index (χ1n) is 9.54. The van der Waals surface area contributed by atoms with Crippen molar-refractivity contribution in [2.45, 2.75) is 19.3 Å². The van der Waals surface area contributed by atoms with Gasteiger partial charge in [0.25, 0.3) is 11.8 Å². The van der Waals surface area contributed by atoms with E-state index in [1.54, 1.807) is 25.3 Å². The SMILES string of the molecule is COc1ccc2c(Cl)c(C(=O)Nc3ccccc3C(=O)N3CCCCC3)sc2c1. The Hall–Kier alpha value is -2.57. The minimum Gasteiger partial charge on any atom is -0.497 e. The molecule has 5 nitrogen and oxygen atoms in total. The van der Waals surface area contributed by atoms with Gasteiger partial charge in [-0.2, -0.15) is 0 Å². The number of hydrogen-bond donors (Lipinski definition) is 1. The topological polar surface area (TPSA) is 58.6 Å². The van der Waals surface area contributed by atoms with Gasteiger partial charge >= 0.3 is 0 Å². The van der Waals surface area contributed by atoms with E-state index in [-0.39, 0.29) is 11.8 Å². The van der Waals surface area contributed by atoms with Gasteiger partial charge in [0.1, 0.15) is 10.6 Å². The van der Waals surface area contributed by atoms with E-state index < -0.39 is 0 Å². The molecule has 29 heavy (non-hydrogen) atoms. The minimum atomic E-state index is -0.325. The van der Waals surface area contributed by atoms with Gasteiger partial charge in [-0.15, -0.1) is 11.3 Å². The predicted molar refractivity (Wildman–Crippen MR) is 118 cm³/mol. The van der Waals surface area contributed by atoms with Crippen molar-refractivity contribution >= 4 is 50.5 Å². The predicted octanol–water partition coefficient (Wildman–Crippen LogP) is 5.44. The number of likely N-dealkylation sites (tertiary alicyclic amines) is 1. The van der Waals surface area contributed by atoms with Crippen molar-refractivity contribution in [2.24, 2.45) is 0 Å². The molecule has 0 radical (unpaired) electrons. The number of anilines is 1. The number of benzene rings is 2. The van der Waals surface area contributed by atoms with E-state index in [1.165, 1.54) is 11.3 Å². The van der Waals surface area contributed by atoms with Crippen LogP contribution < -0.4 is 10.1 Å². The Kier molecular flexibility index (Phi) is 5.74. The van der Waals surface area contributed by atoms with Gasteiger partial charge in [-0.05, 0) is 49.6 Å². The van der Waals surface area contributed by atoms with Crippen LogP contribution in [-0.2, 0) is 0 Å². The summed E-state index contributed by atoms with van der Waals surface area (Å²) < 4.78 is 6.12. The quantitative estimate of drug-likeness (QED) is 0.601. The molecule has 0 atom stereocenters. The first-order valence-corrected chi connectivity index (χ1v) is 10.7. The molecular weight excluding hydrogens is 408 g/mol. The van der Waals surface area contributed by atoms with Crippen LogP contribution in [0.15, 0.2) is 42.5 Å². The highest BCUT2D eigenvalue weighted by Gasteiger charge is 2.23. The molecule has 1 aromatic heterocycles. The van der Waals surface area contributed by atoms with Crippen molar-refractivity contribution in [1.82, 2.24) is 4.90 Å². The Morgan fingerprint density at radius 3 is 2.62 bits per heavy atom. The number of thiophene rings is 1. The summed E-state index contributed by atoms with van der Waals surface area (Å²) >= 11 is 7.78. The van der Waals surface area contributed by atoms with E-state index in [4.69, 9.17) is 16.3 Å². The first kappa shape index (κ1) is 19.7. The van der Waals surface area contributed by atoms with Crippen LogP contribution in [0, 0.1) is 0 Å². The highest BCUT2D eigenvalue weighted by molar-refractivity contribution is 7.21. The smallest absolute Gasteiger partial charge is 0.267 e. The molecule has 0 saturated carbocycles. The van der Waals surface area contributed by atoms with Crippen LogP contribution in [-0.4, -0.2) is 36.9 Å². The molecule has 1 aliphatic rings. The maximum absolute atomic E-state index is 13.0. The zero-order valence-electron chi connectivity index (χ0n) is 16.0. The Labute approximate surface area is 178 Å². The number of carbonyl (C=O) groups is 2. The van der Waals surface area contributed by atoms with E-state index in [9.17, 15) is 9.59 Å². The zero-order chi connectivity index (χ0) is 20.4. The second kappa shape index (κ2) is 8.43. The van der Waals surface area contributed by atoms with E-state index in [1.807, 2.05) is 29.2 Å². The van der Waals surface area contributed by atoms with Gasteiger partial charge in [0.2, 0.25) is 0 Å². The highest BCUT2D eigenvalue weighted by atomic mass is 35.5. The van der Waals surface area contributed by atoms with Gasteiger partial charge in [-0.25, -0.2) is 0 Å². The van der Waals surface area contributed by atoms with Crippen LogP contribution in [0.3, 0.4) is 0 Å². The molecule has 2 amide bonds. The summed E-state index contributed by atoms with van der Waals surface area (Å²) in [4.78, 5) is 28.2. The molecular formula is C22H21ClN2O3S. The number of fused-ring (bicyclic) bond motifs is 1. The summed E-state index contributed by atoms with van der Waals surface area (Å²) in [5.74, 6) is 0.335. The van der Waals surface area contributed by atoms with Gasteiger partial charge in [0.15, 0.2) is 0 Å². The van der Waals surface area contributed by atoms with E-state index in [2.05, 4.69) is 5.32 Å². The second-order valence-electron chi connectivity index (χ2n) is 6.96. The van der Waals surface area contributed by atoms with Gasteiger partial charge in [-0.3, -0.25) is 9.59 Å². The maximum Gasteiger partial charge on any atom is 0.267 e. The molecule has 150 valence electrons. The summed E-state index contributed by atoms with van der Waals surface area (Å²) in [6.07, 6.45) is 3.18. The fourth-order valence-electron chi connectivity index (χ4n) is 3.54. The molecule has 2 aromatic carbocycles. The summed E-state index contributed by atoms with van der Waals surface area (Å²) in [5, 5.41) is 4.10. The lowest BCUT2D eigenvalue weighted by Gasteiger charge is -2.27. The highest BCUT2D eigenvalue weighted by Crippen LogP contribution is 2.37. The molecule has 0 bridgehead atoms. The number of rotatable bonds is 4. The van der Waals surface area contributed by atoms with E-state index in [0.29, 0.717) is 26.9 Å². The maximum atomic E-state index is 13.0. The summed E-state index contributed by atoms with van der Waals surface area (Å²) in [6.45, 7) is 1.51. The van der Waals surface area contributed by atoms with Crippen molar-refractivity contribution in [3.8, 4) is 5.75 Å². The number of nitrogens with one attached hydrogen (secondary N) is 1. The lowest BCUT2D eigenvalue weighted by molar-refractivity contribution is 0.0725. The van der Waals surface area contributed by atoms with Gasteiger partial charge in [-0.1, -0.05) is 23.7 Å². The Bertz CT molecular complexity index is 1070. The van der Waals surface area contributed by atoms with Crippen molar-refractivity contribution in [3.63, 3.8) is 0 Å². The third kappa shape index (κ3) is 3.95. The first-order chi connectivity index (χ1) is 14.1. The second-order valence-corrected chi connectivity index (χ2v) is 8.39. The Balaban J connectivity index is 1.61. The summed E-state index contributed by atoms with van der Waals surface area (Å²) in [6, 6.07) is 12.6. The Morgan fingerprint density at radius 1 is 1.10 bits per heavy atom. The fourth-order valence-corrected chi connectivity index (χ4v) is 4.98. The molecule has 1 aliphatic heterocycles. The molecule has 3 aromatic rings. The van der Waals surface area contributed by atoms with Gasteiger partial charge < -0.3 is 15.0 Å². The van der Waals surface area contributed by atoms with Gasteiger partial charge in [0.05, 0.1) is 23.4 Å². The molecule has 0 unspecified atom stereocenters. The monoisotopic (exact) mass is 428 g/mol. The largest absolute Gasteiger partial charge is 0.497 e. The average Bonchev–Trinajstić information content (AvgIpc) is 3.10. The fraction of sp³-hybridized carbons (Fsp3) is 0.273. The van der Waals surface area contributed by atoms with E-state index in [0.717, 1.165) is 42.4 Å². The lowest BCUT2D eigenvalue weighted by atomic mass is 10.1. The third-order valence-corrected chi connectivity index (χ3v) is 6.75. The number of amides is 2. The molecule has 0 spiro atoms. The average molecular weight is 429 g/mol. The number of ether oxygens (including phenoxy) is 1. The number of nitrogens with zero attached hydrogens (tertiary/aromatic N) is 1. The molecule has 1 N–H and O–H groups in total. The molecule has 2 heterocycles. The van der Waals surface area contributed by atoms with Crippen molar-refractivity contribution in [1.29, 1.82) is 0 Å². The molecule has 1 fully saturated rings. The van der Waals surface area contributed by atoms with Crippen LogP contribution in [0.1, 0.15) is 39.3 Å². The number of piperidine rings is 1. The summed E-state index contributed by atoms with van der Waals surface area (Å²) in [7, 11) is 1.60. The number of carbonyl (C=O) groups excluding carboxylic acids is 2. The molecule has 7 heteroatoms. The standard InChI is InChI=1S/C22H21ClN2O3S/c1-28-14-9-10-16-18(13-14)29-20(19(16)23)21(26)24-17-8-4-3-7-15(17)22(27)25-11-5-2-6-12-25/h3-4,7-10,13H,2,5-6,11-12H2,1H3,(H,24,26). The molecule has 4 rings (SSSR count). The van der Waals surface area contributed by atoms with Crippen molar-refractivity contribution in [3.05, 3.63) is 57.9 Å². The van der Waals surface area contributed by atoms with Crippen LogP contribution in [0.2, 0.25) is 5.02 Å². The third-order valence-electron chi connectivity index (χ3n) is 5.09. The molecule has 0 aliphatic carbocycles. The Morgan fingerprint density at radius 2 is 1.86 bits per heavy atom. The van der Waals surface area contributed by atoms with Gasteiger partial charge in [0, 0.05) is 23.2 Å². The number of para-hydroxylation sites is 1. The zero-order valence-corrected chi connectivity index (χ0v) is 17.6. The normalized spacial score (nSPS) is 14.1. The number of halogens is 1. The summed E-state index contributed by atoms with van der Waals surface area (Å²) in [5.41, 5.74) is 1.00.